The number of nitrogens with zero attached hydrogens (tertiary/aromatic N) is 1. The van der Waals surface area contributed by atoms with E-state index < -0.39 is 11.9 Å². The Morgan fingerprint density at radius 1 is 1.05 bits per heavy atom. The van der Waals surface area contributed by atoms with Crippen LogP contribution in [0.15, 0.2) is 12.2 Å². The molecule has 2 unspecified atom stereocenters. The molecule has 0 spiro atoms. The van der Waals surface area contributed by atoms with Crippen LogP contribution < -0.4 is 5.32 Å². The maximum absolute atomic E-state index is 9.55. The second kappa shape index (κ2) is 6.37. The number of nitrogens with one attached hydrogen (secondary N) is 1. The van der Waals surface area contributed by atoms with Crippen molar-refractivity contribution < 1.29 is 19.8 Å². The Balaban J connectivity index is 0.000000221. The number of hydrogen-bond donors (Lipinski definition) is 3. The highest BCUT2D eigenvalue weighted by Crippen LogP contribution is 2.41. The normalized spacial score (nSPS) is 33.4. The van der Waals surface area contributed by atoms with Crippen LogP contribution in [0.4, 0.5) is 0 Å². The second-order valence-electron chi connectivity index (χ2n) is 6.58. The number of fused-ring (bicyclic) bond motifs is 2. The minimum Gasteiger partial charge on any atom is -0.478 e. The Morgan fingerprint density at radius 2 is 1.45 bits per heavy atom. The lowest BCUT2D eigenvalue weighted by molar-refractivity contribution is -0.134. The first-order chi connectivity index (χ1) is 9.14. The molecule has 2 atom stereocenters. The van der Waals surface area contributed by atoms with Crippen molar-refractivity contribution in [2.24, 2.45) is 10.8 Å². The van der Waals surface area contributed by atoms with Gasteiger partial charge in [-0.05, 0) is 24.3 Å². The highest BCUT2D eigenvalue weighted by Gasteiger charge is 2.44. The molecule has 114 valence electrons. The van der Waals surface area contributed by atoms with E-state index in [1.807, 2.05) is 0 Å². The smallest absolute Gasteiger partial charge is 0.328 e. The molecule has 2 fully saturated rings. The average Bonchev–Trinajstić information content (AvgIpc) is 2.23. The predicted molar refractivity (Wildman–Crippen MR) is 75.6 cm³/mol. The fourth-order valence-electron chi connectivity index (χ4n) is 3.55. The molecular formula is C14H24N2O4. The molecule has 2 rings (SSSR count). The quantitative estimate of drug-likeness (QED) is 0.645. The molecule has 0 amide bonds. The molecule has 0 radical (unpaired) electrons. The topological polar surface area (TPSA) is 89.9 Å². The van der Waals surface area contributed by atoms with E-state index in [1.54, 1.807) is 0 Å². The molecule has 0 aromatic heterocycles. The molecular weight excluding hydrogens is 260 g/mol. The molecule has 0 aliphatic carbocycles. The van der Waals surface area contributed by atoms with Gasteiger partial charge in [-0.1, -0.05) is 13.8 Å². The molecule has 6 nitrogen and oxygen atoms in total. The van der Waals surface area contributed by atoms with Crippen LogP contribution in [0.3, 0.4) is 0 Å². The van der Waals surface area contributed by atoms with Crippen LogP contribution in [0.1, 0.15) is 20.3 Å². The first kappa shape index (κ1) is 16.7. The summed E-state index contributed by atoms with van der Waals surface area (Å²) in [5.74, 6) is -2.51. The lowest BCUT2D eigenvalue weighted by Crippen LogP contribution is -2.60. The molecule has 6 heteroatoms. The Bertz CT molecular complexity index is 376. The Kier molecular flexibility index (Phi) is 5.30. The van der Waals surface area contributed by atoms with Gasteiger partial charge in [-0.3, -0.25) is 0 Å². The van der Waals surface area contributed by atoms with Gasteiger partial charge in [-0.25, -0.2) is 9.59 Å². The summed E-state index contributed by atoms with van der Waals surface area (Å²) in [5.41, 5.74) is 1.06. The molecule has 0 aromatic rings. The van der Waals surface area contributed by atoms with Crippen molar-refractivity contribution in [3.05, 3.63) is 12.2 Å². The largest absolute Gasteiger partial charge is 0.478 e. The highest BCUT2D eigenvalue weighted by molar-refractivity contribution is 5.89. The molecule has 2 saturated heterocycles. The number of likely N-dealkylation sites (tertiary alicyclic amines) is 1. The monoisotopic (exact) mass is 284 g/mol. The molecule has 2 bridgehead atoms. The minimum atomic E-state index is -1.26. The number of aliphatic carboxylic acids is 2. The summed E-state index contributed by atoms with van der Waals surface area (Å²) in [6, 6.07) is 0. The van der Waals surface area contributed by atoms with Gasteiger partial charge in [-0.15, -0.1) is 0 Å². The van der Waals surface area contributed by atoms with E-state index in [0.717, 1.165) is 0 Å². The van der Waals surface area contributed by atoms with Crippen molar-refractivity contribution in [1.82, 2.24) is 10.2 Å². The van der Waals surface area contributed by atoms with Crippen molar-refractivity contribution in [3.8, 4) is 0 Å². The SMILES string of the molecule is CN1CC2(C)CNCC(C)(C1)C2.O=C(O)/C=C\C(=O)O. The van der Waals surface area contributed by atoms with E-state index in [9.17, 15) is 9.59 Å². The average molecular weight is 284 g/mol. The van der Waals surface area contributed by atoms with Crippen molar-refractivity contribution in [2.75, 3.05) is 33.2 Å². The number of piperidine rings is 2. The number of carbonyl (C=O) groups is 2. The summed E-state index contributed by atoms with van der Waals surface area (Å²) < 4.78 is 0. The predicted octanol–water partition coefficient (Wildman–Crippen LogP) is 0.650. The second-order valence-corrected chi connectivity index (χ2v) is 6.58. The zero-order valence-corrected chi connectivity index (χ0v) is 12.3. The number of hydrogen-bond acceptors (Lipinski definition) is 4. The first-order valence-corrected chi connectivity index (χ1v) is 6.67. The van der Waals surface area contributed by atoms with E-state index in [0.29, 0.717) is 23.0 Å². The van der Waals surface area contributed by atoms with Crippen LogP contribution in [-0.2, 0) is 9.59 Å². The van der Waals surface area contributed by atoms with Gasteiger partial charge in [0.2, 0.25) is 0 Å². The first-order valence-electron chi connectivity index (χ1n) is 6.67. The lowest BCUT2D eigenvalue weighted by atomic mass is 9.66. The van der Waals surface area contributed by atoms with Gasteiger partial charge in [0.15, 0.2) is 0 Å². The zero-order chi connectivity index (χ0) is 15.4. The van der Waals surface area contributed by atoms with Crippen LogP contribution in [0.5, 0.6) is 0 Å². The molecule has 2 aliphatic heterocycles. The molecule has 0 aromatic carbocycles. The van der Waals surface area contributed by atoms with E-state index in [2.05, 4.69) is 31.1 Å². The third-order valence-electron chi connectivity index (χ3n) is 3.63. The van der Waals surface area contributed by atoms with Gasteiger partial charge in [0, 0.05) is 38.3 Å². The molecule has 20 heavy (non-hydrogen) atoms. The van der Waals surface area contributed by atoms with E-state index >= 15 is 0 Å². The van der Waals surface area contributed by atoms with Gasteiger partial charge >= 0.3 is 11.9 Å². The van der Waals surface area contributed by atoms with Crippen LogP contribution in [0, 0.1) is 10.8 Å². The maximum atomic E-state index is 9.55. The molecule has 2 heterocycles. The summed E-state index contributed by atoms with van der Waals surface area (Å²) in [6.45, 7) is 9.74. The van der Waals surface area contributed by atoms with E-state index in [4.69, 9.17) is 10.2 Å². The van der Waals surface area contributed by atoms with Crippen molar-refractivity contribution in [1.29, 1.82) is 0 Å². The van der Waals surface area contributed by atoms with Crippen LogP contribution in [0.25, 0.3) is 0 Å². The number of carboxylic acid groups (broad SMARTS) is 2. The lowest BCUT2D eigenvalue weighted by Gasteiger charge is -2.53. The van der Waals surface area contributed by atoms with Crippen molar-refractivity contribution in [3.63, 3.8) is 0 Å². The van der Waals surface area contributed by atoms with Gasteiger partial charge in [-0.2, -0.15) is 0 Å². The van der Waals surface area contributed by atoms with Gasteiger partial charge < -0.3 is 20.4 Å². The summed E-state index contributed by atoms with van der Waals surface area (Å²) in [5, 5.41) is 19.2. The van der Waals surface area contributed by atoms with Crippen molar-refractivity contribution in [2.45, 2.75) is 20.3 Å². The Hall–Kier alpha value is -1.40. The fourth-order valence-corrected chi connectivity index (χ4v) is 3.55. The maximum Gasteiger partial charge on any atom is 0.328 e. The number of rotatable bonds is 2. The summed E-state index contributed by atoms with van der Waals surface area (Å²) in [4.78, 5) is 21.6. The number of carboxylic acids is 2. The minimum absolute atomic E-state index is 0.528. The molecule has 2 aliphatic rings. The van der Waals surface area contributed by atoms with Gasteiger partial charge in [0.05, 0.1) is 0 Å². The van der Waals surface area contributed by atoms with E-state index in [-0.39, 0.29) is 0 Å². The van der Waals surface area contributed by atoms with Gasteiger partial charge in [0.1, 0.15) is 0 Å². The molecule has 3 N–H and O–H groups in total. The van der Waals surface area contributed by atoms with E-state index in [1.165, 1.54) is 32.6 Å². The highest BCUT2D eigenvalue weighted by atomic mass is 16.4. The third-order valence-corrected chi connectivity index (χ3v) is 3.63. The van der Waals surface area contributed by atoms with Crippen LogP contribution in [-0.4, -0.2) is 60.3 Å². The standard InChI is InChI=1S/C10H20N2.C4H4O4/c1-9-4-10(2,6-11-5-9)8-12(3)7-9;5-3(6)1-2-4(7)8/h11H,4-8H2,1-3H3;1-2H,(H,5,6)(H,7,8)/b;2-1-. The van der Waals surface area contributed by atoms with Crippen molar-refractivity contribution >= 4 is 11.9 Å². The summed E-state index contributed by atoms with van der Waals surface area (Å²) in [6.07, 6.45) is 2.52. The summed E-state index contributed by atoms with van der Waals surface area (Å²) >= 11 is 0. The molecule has 0 saturated carbocycles. The van der Waals surface area contributed by atoms with Crippen LogP contribution in [0.2, 0.25) is 0 Å². The Labute approximate surface area is 119 Å². The summed E-state index contributed by atoms with van der Waals surface area (Å²) in [7, 11) is 2.25. The van der Waals surface area contributed by atoms with Crippen LogP contribution >= 0.6 is 0 Å². The third kappa shape index (κ3) is 5.30. The Morgan fingerprint density at radius 3 is 1.80 bits per heavy atom. The fraction of sp³-hybridized carbons (Fsp3) is 0.714. The zero-order valence-electron chi connectivity index (χ0n) is 12.3. The van der Waals surface area contributed by atoms with Gasteiger partial charge in [0.25, 0.3) is 0 Å².